The average Bonchev–Trinajstić information content (AvgIpc) is 2.93. The third kappa shape index (κ3) is 3.11. The molecule has 76 valence electrons. The number of esters is 1. The van der Waals surface area contributed by atoms with E-state index in [9.17, 15) is 4.79 Å². The van der Waals surface area contributed by atoms with Crippen LogP contribution in [0.4, 0.5) is 0 Å². The molecule has 1 aliphatic rings. The molecule has 14 heavy (non-hydrogen) atoms. The van der Waals surface area contributed by atoms with Crippen LogP contribution in [0.25, 0.3) is 10.4 Å². The Hall–Kier alpha value is -1.48. The minimum Gasteiger partial charge on any atom is -0.463 e. The van der Waals surface area contributed by atoms with Gasteiger partial charge in [0.2, 0.25) is 0 Å². The molecule has 1 rings (SSSR count). The van der Waals surface area contributed by atoms with Crippen LogP contribution in [0.5, 0.6) is 0 Å². The lowest BCUT2D eigenvalue weighted by molar-refractivity contribution is -0.137. The van der Waals surface area contributed by atoms with Crippen LogP contribution in [-0.4, -0.2) is 19.1 Å². The molecule has 5 heteroatoms. The molecule has 0 unspecified atom stereocenters. The monoisotopic (exact) mass is 195 g/mol. The highest BCUT2D eigenvalue weighted by molar-refractivity contribution is 5.82. The summed E-state index contributed by atoms with van der Waals surface area (Å²) in [6.45, 7) is 2.57. The van der Waals surface area contributed by atoms with Gasteiger partial charge in [0, 0.05) is 17.5 Å². The number of carbonyl (C=O) groups excluding carboxylic acids is 1. The van der Waals surface area contributed by atoms with Gasteiger partial charge in [0.25, 0.3) is 0 Å². The summed E-state index contributed by atoms with van der Waals surface area (Å²) in [5.41, 5.74) is 8.09. The van der Waals surface area contributed by atoms with E-state index in [1.807, 2.05) is 0 Å². The van der Waals surface area contributed by atoms with E-state index in [2.05, 4.69) is 10.0 Å². The fourth-order valence-electron chi connectivity index (χ4n) is 1.15. The van der Waals surface area contributed by atoms with Crippen molar-refractivity contribution in [1.29, 1.82) is 0 Å². The van der Waals surface area contributed by atoms with Crippen LogP contribution >= 0.6 is 0 Å². The van der Waals surface area contributed by atoms with Gasteiger partial charge in [-0.05, 0) is 30.7 Å². The van der Waals surface area contributed by atoms with Crippen LogP contribution in [0.2, 0.25) is 0 Å². The van der Waals surface area contributed by atoms with Gasteiger partial charge in [-0.25, -0.2) is 4.79 Å². The first kappa shape index (κ1) is 10.6. The molecule has 0 saturated heterocycles. The Bertz CT molecular complexity index is 288. The standard InChI is InChI=1S/C9H13N3O2/c1-2-14-8(13)3-4-9(5-6-9)7-11-12-10/h3-4H,2,5-7H2,1H3. The van der Waals surface area contributed by atoms with Crippen molar-refractivity contribution in [3.05, 3.63) is 22.6 Å². The molecule has 0 amide bonds. The maximum atomic E-state index is 11.0. The number of ether oxygens (including phenoxy) is 1. The summed E-state index contributed by atoms with van der Waals surface area (Å²) in [7, 11) is 0. The first-order valence-corrected chi connectivity index (χ1v) is 4.59. The van der Waals surface area contributed by atoms with E-state index in [0.29, 0.717) is 13.2 Å². The van der Waals surface area contributed by atoms with Gasteiger partial charge in [-0.1, -0.05) is 11.2 Å². The smallest absolute Gasteiger partial charge is 0.330 e. The van der Waals surface area contributed by atoms with Crippen molar-refractivity contribution in [2.45, 2.75) is 19.8 Å². The summed E-state index contributed by atoms with van der Waals surface area (Å²) in [5.74, 6) is -0.334. The van der Waals surface area contributed by atoms with Crippen LogP contribution < -0.4 is 0 Å². The summed E-state index contributed by atoms with van der Waals surface area (Å²) in [4.78, 5) is 13.7. The zero-order valence-corrected chi connectivity index (χ0v) is 8.14. The largest absolute Gasteiger partial charge is 0.463 e. The van der Waals surface area contributed by atoms with Crippen LogP contribution in [0, 0.1) is 5.41 Å². The second-order valence-corrected chi connectivity index (χ2v) is 3.34. The Balaban J connectivity index is 2.42. The molecule has 0 bridgehead atoms. The van der Waals surface area contributed by atoms with Crippen LogP contribution in [0.3, 0.4) is 0 Å². The molecule has 0 radical (unpaired) electrons. The van der Waals surface area contributed by atoms with Gasteiger partial charge in [-0.15, -0.1) is 0 Å². The quantitative estimate of drug-likeness (QED) is 0.222. The molecule has 5 nitrogen and oxygen atoms in total. The number of hydrogen-bond donors (Lipinski definition) is 0. The molecule has 0 heterocycles. The topological polar surface area (TPSA) is 75.1 Å². The average molecular weight is 195 g/mol. The fraction of sp³-hybridized carbons (Fsp3) is 0.667. The van der Waals surface area contributed by atoms with E-state index in [4.69, 9.17) is 10.3 Å². The summed E-state index contributed by atoms with van der Waals surface area (Å²) in [6, 6.07) is 0. The predicted molar refractivity (Wildman–Crippen MR) is 51.5 cm³/mol. The van der Waals surface area contributed by atoms with E-state index in [0.717, 1.165) is 12.8 Å². The van der Waals surface area contributed by atoms with Gasteiger partial charge in [0.05, 0.1) is 6.61 Å². The lowest BCUT2D eigenvalue weighted by Gasteiger charge is -2.03. The second-order valence-electron chi connectivity index (χ2n) is 3.34. The zero-order chi connectivity index (χ0) is 10.4. The molecular weight excluding hydrogens is 182 g/mol. The number of azide groups is 1. The van der Waals surface area contributed by atoms with Crippen LogP contribution in [0.15, 0.2) is 17.3 Å². The van der Waals surface area contributed by atoms with Gasteiger partial charge in [-0.2, -0.15) is 0 Å². The molecule has 0 aromatic carbocycles. The first-order valence-electron chi connectivity index (χ1n) is 4.59. The summed E-state index contributed by atoms with van der Waals surface area (Å²) >= 11 is 0. The van der Waals surface area contributed by atoms with Crippen molar-refractivity contribution in [3.8, 4) is 0 Å². The predicted octanol–water partition coefficient (Wildman–Crippen LogP) is 2.20. The van der Waals surface area contributed by atoms with Gasteiger partial charge in [-0.3, -0.25) is 0 Å². The molecule has 0 atom stereocenters. The summed E-state index contributed by atoms with van der Waals surface area (Å²) in [6.07, 6.45) is 5.16. The maximum absolute atomic E-state index is 11.0. The SMILES string of the molecule is CCOC(=O)C=CC1(CN=[N+]=[N-])CC1. The number of hydrogen-bond acceptors (Lipinski definition) is 3. The Kier molecular flexibility index (Phi) is 3.54. The highest BCUT2D eigenvalue weighted by Crippen LogP contribution is 2.47. The molecule has 0 spiro atoms. The maximum Gasteiger partial charge on any atom is 0.330 e. The Morgan fingerprint density at radius 3 is 2.93 bits per heavy atom. The molecule has 1 fully saturated rings. The van der Waals surface area contributed by atoms with Crippen molar-refractivity contribution < 1.29 is 9.53 Å². The fourth-order valence-corrected chi connectivity index (χ4v) is 1.15. The highest BCUT2D eigenvalue weighted by Gasteiger charge is 2.39. The number of carbonyl (C=O) groups is 1. The molecular formula is C9H13N3O2. The van der Waals surface area contributed by atoms with Crippen molar-refractivity contribution in [1.82, 2.24) is 0 Å². The van der Waals surface area contributed by atoms with Crippen LogP contribution in [-0.2, 0) is 9.53 Å². The number of nitrogens with zero attached hydrogens (tertiary/aromatic N) is 3. The molecule has 0 aliphatic heterocycles. The molecule has 0 N–H and O–H groups in total. The Morgan fingerprint density at radius 1 is 1.71 bits per heavy atom. The Morgan fingerprint density at radius 2 is 2.43 bits per heavy atom. The third-order valence-electron chi connectivity index (χ3n) is 2.20. The van der Waals surface area contributed by atoms with Crippen molar-refractivity contribution in [2.75, 3.05) is 13.2 Å². The minimum absolute atomic E-state index is 0.0704. The van der Waals surface area contributed by atoms with Gasteiger partial charge < -0.3 is 4.74 Å². The summed E-state index contributed by atoms with van der Waals surface area (Å²) < 4.78 is 4.74. The van der Waals surface area contributed by atoms with Gasteiger partial charge in [0.1, 0.15) is 0 Å². The second kappa shape index (κ2) is 4.67. The van der Waals surface area contributed by atoms with E-state index < -0.39 is 0 Å². The van der Waals surface area contributed by atoms with E-state index in [1.165, 1.54) is 6.08 Å². The van der Waals surface area contributed by atoms with E-state index in [-0.39, 0.29) is 11.4 Å². The molecule has 0 aromatic rings. The van der Waals surface area contributed by atoms with Crippen LogP contribution in [0.1, 0.15) is 19.8 Å². The van der Waals surface area contributed by atoms with E-state index >= 15 is 0 Å². The summed E-state index contributed by atoms with van der Waals surface area (Å²) in [5, 5.41) is 3.51. The zero-order valence-electron chi connectivity index (χ0n) is 8.14. The van der Waals surface area contributed by atoms with Gasteiger partial charge in [0.15, 0.2) is 0 Å². The minimum atomic E-state index is -0.334. The number of rotatable bonds is 5. The molecule has 0 aromatic heterocycles. The molecule has 1 saturated carbocycles. The normalized spacial score (nSPS) is 17.5. The lowest BCUT2D eigenvalue weighted by Crippen LogP contribution is -2.04. The highest BCUT2D eigenvalue weighted by atomic mass is 16.5. The van der Waals surface area contributed by atoms with Gasteiger partial charge >= 0.3 is 5.97 Å². The lowest BCUT2D eigenvalue weighted by atomic mass is 10.1. The van der Waals surface area contributed by atoms with E-state index in [1.54, 1.807) is 13.0 Å². The third-order valence-corrected chi connectivity index (χ3v) is 2.20. The Labute approximate surface area is 82.4 Å². The van der Waals surface area contributed by atoms with Crippen molar-refractivity contribution >= 4 is 5.97 Å². The van der Waals surface area contributed by atoms with Crippen molar-refractivity contribution in [3.63, 3.8) is 0 Å². The first-order chi connectivity index (χ1) is 6.72. The van der Waals surface area contributed by atoms with Crippen molar-refractivity contribution in [2.24, 2.45) is 10.5 Å². The molecule has 1 aliphatic carbocycles.